The quantitative estimate of drug-likeness (QED) is 0.672. The summed E-state index contributed by atoms with van der Waals surface area (Å²) in [6.07, 6.45) is -0.830. The Bertz CT molecular complexity index is 465. The maximum Gasteiger partial charge on any atom is 0.221 e. The topological polar surface area (TPSA) is 82.0 Å². The van der Waals surface area contributed by atoms with Crippen LogP contribution in [0.4, 0.5) is 11.4 Å². The van der Waals surface area contributed by atoms with Gasteiger partial charge in [0, 0.05) is 25.7 Å². The first-order valence-electron chi connectivity index (χ1n) is 7.10. The van der Waals surface area contributed by atoms with Gasteiger partial charge in [0.05, 0.1) is 25.0 Å². The molecule has 1 rings (SSSR count). The predicted octanol–water partition coefficient (Wildman–Crippen LogP) is 1.22. The first kappa shape index (κ1) is 17.3. The van der Waals surface area contributed by atoms with Gasteiger partial charge < -0.3 is 25.2 Å². The van der Waals surface area contributed by atoms with Gasteiger partial charge in [-0.15, -0.1) is 0 Å². The highest BCUT2D eigenvalue weighted by molar-refractivity contribution is 5.89. The van der Waals surface area contributed by atoms with Crippen LogP contribution in [0.2, 0.25) is 0 Å². The van der Waals surface area contributed by atoms with Gasteiger partial charge in [-0.1, -0.05) is 0 Å². The number of rotatable bonds is 8. The third-order valence-electron chi connectivity index (χ3n) is 2.94. The molecule has 6 heteroatoms. The van der Waals surface area contributed by atoms with Crippen molar-refractivity contribution in [2.24, 2.45) is 0 Å². The van der Waals surface area contributed by atoms with Crippen LogP contribution < -0.4 is 15.0 Å². The SMILES string of the molecule is CCOc1ccc(NC(C)=O)cc1N(CC)CC(O)CO. The Hall–Kier alpha value is -1.79. The maximum atomic E-state index is 11.2. The molecule has 0 aliphatic rings. The highest BCUT2D eigenvalue weighted by Crippen LogP contribution is 2.31. The number of amides is 1. The minimum absolute atomic E-state index is 0.149. The molecule has 1 unspecified atom stereocenters. The van der Waals surface area contributed by atoms with E-state index >= 15 is 0 Å². The van der Waals surface area contributed by atoms with E-state index in [1.54, 1.807) is 18.2 Å². The second-order valence-electron chi connectivity index (χ2n) is 4.67. The van der Waals surface area contributed by atoms with Crippen molar-refractivity contribution in [3.63, 3.8) is 0 Å². The third-order valence-corrected chi connectivity index (χ3v) is 2.94. The summed E-state index contributed by atoms with van der Waals surface area (Å²) in [7, 11) is 0. The van der Waals surface area contributed by atoms with Crippen LogP contribution in [0.3, 0.4) is 0 Å². The van der Waals surface area contributed by atoms with E-state index in [0.717, 1.165) is 5.69 Å². The molecule has 21 heavy (non-hydrogen) atoms. The van der Waals surface area contributed by atoms with E-state index in [-0.39, 0.29) is 19.1 Å². The number of carbonyl (C=O) groups excluding carboxylic acids is 1. The summed E-state index contributed by atoms with van der Waals surface area (Å²) in [6, 6.07) is 5.37. The Balaban J connectivity index is 3.09. The molecule has 0 spiro atoms. The van der Waals surface area contributed by atoms with E-state index < -0.39 is 6.10 Å². The van der Waals surface area contributed by atoms with Crippen LogP contribution in [-0.2, 0) is 4.79 Å². The molecule has 1 aromatic carbocycles. The highest BCUT2D eigenvalue weighted by atomic mass is 16.5. The van der Waals surface area contributed by atoms with E-state index in [4.69, 9.17) is 9.84 Å². The molecule has 0 saturated carbocycles. The monoisotopic (exact) mass is 296 g/mol. The Morgan fingerprint density at radius 2 is 2.14 bits per heavy atom. The zero-order valence-electron chi connectivity index (χ0n) is 12.8. The molecule has 0 aliphatic carbocycles. The zero-order chi connectivity index (χ0) is 15.8. The van der Waals surface area contributed by atoms with Crippen molar-refractivity contribution in [3.8, 4) is 5.75 Å². The number of aliphatic hydroxyl groups excluding tert-OH is 2. The number of hydrogen-bond acceptors (Lipinski definition) is 5. The van der Waals surface area contributed by atoms with E-state index in [9.17, 15) is 9.90 Å². The zero-order valence-corrected chi connectivity index (χ0v) is 12.8. The summed E-state index contributed by atoms with van der Waals surface area (Å²) in [5.41, 5.74) is 1.44. The van der Waals surface area contributed by atoms with Crippen LogP contribution in [-0.4, -0.2) is 48.5 Å². The Labute approximate surface area is 125 Å². The number of nitrogens with zero attached hydrogens (tertiary/aromatic N) is 1. The van der Waals surface area contributed by atoms with Crippen molar-refractivity contribution >= 4 is 17.3 Å². The Morgan fingerprint density at radius 1 is 1.43 bits per heavy atom. The van der Waals surface area contributed by atoms with Crippen LogP contribution in [0, 0.1) is 0 Å². The number of benzene rings is 1. The smallest absolute Gasteiger partial charge is 0.221 e. The number of ether oxygens (including phenoxy) is 1. The first-order valence-corrected chi connectivity index (χ1v) is 7.10. The number of hydrogen-bond donors (Lipinski definition) is 3. The molecule has 0 fully saturated rings. The number of carbonyl (C=O) groups is 1. The molecule has 1 atom stereocenters. The minimum Gasteiger partial charge on any atom is -0.492 e. The molecule has 1 aromatic rings. The first-order chi connectivity index (χ1) is 10.0. The average Bonchev–Trinajstić information content (AvgIpc) is 2.45. The molecule has 6 nitrogen and oxygen atoms in total. The van der Waals surface area contributed by atoms with Crippen molar-refractivity contribution in [3.05, 3.63) is 18.2 Å². The molecule has 1 amide bonds. The minimum atomic E-state index is -0.830. The van der Waals surface area contributed by atoms with Gasteiger partial charge in [-0.2, -0.15) is 0 Å². The van der Waals surface area contributed by atoms with Gasteiger partial charge in [-0.3, -0.25) is 4.79 Å². The van der Waals surface area contributed by atoms with Crippen LogP contribution in [0.15, 0.2) is 18.2 Å². The van der Waals surface area contributed by atoms with E-state index in [1.165, 1.54) is 6.92 Å². The molecule has 0 aliphatic heterocycles. The van der Waals surface area contributed by atoms with Crippen LogP contribution in [0.1, 0.15) is 20.8 Å². The molecule has 0 saturated heterocycles. The van der Waals surface area contributed by atoms with Gasteiger partial charge in [0.2, 0.25) is 5.91 Å². The normalized spacial score (nSPS) is 11.9. The summed E-state index contributed by atoms with van der Waals surface area (Å²) in [6.45, 7) is 6.44. The number of likely N-dealkylation sites (N-methyl/N-ethyl adjacent to an activating group) is 1. The molecule has 3 N–H and O–H groups in total. The summed E-state index contributed by atoms with van der Waals surface area (Å²) in [5, 5.41) is 21.4. The van der Waals surface area contributed by atoms with Gasteiger partial charge >= 0.3 is 0 Å². The number of aliphatic hydroxyl groups is 2. The molecular formula is C15H24N2O4. The summed E-state index contributed by atoms with van der Waals surface area (Å²) >= 11 is 0. The van der Waals surface area contributed by atoms with Crippen molar-refractivity contribution in [2.75, 3.05) is 36.5 Å². The standard InChI is InChI=1S/C15H24N2O4/c1-4-17(9-13(20)10-18)14-8-12(16-11(3)19)6-7-15(14)21-5-2/h6-8,13,18,20H,4-5,9-10H2,1-3H3,(H,16,19). The van der Waals surface area contributed by atoms with Crippen LogP contribution >= 0.6 is 0 Å². The number of anilines is 2. The van der Waals surface area contributed by atoms with E-state index in [0.29, 0.717) is 24.6 Å². The van der Waals surface area contributed by atoms with Gasteiger partial charge in [0.1, 0.15) is 5.75 Å². The number of nitrogens with one attached hydrogen (secondary N) is 1. The Morgan fingerprint density at radius 3 is 2.67 bits per heavy atom. The van der Waals surface area contributed by atoms with Gasteiger partial charge in [0.25, 0.3) is 0 Å². The van der Waals surface area contributed by atoms with Gasteiger partial charge in [-0.25, -0.2) is 0 Å². The summed E-state index contributed by atoms with van der Waals surface area (Å²) in [4.78, 5) is 13.1. The average molecular weight is 296 g/mol. The fraction of sp³-hybridized carbons (Fsp3) is 0.533. The molecule has 0 heterocycles. The fourth-order valence-corrected chi connectivity index (χ4v) is 2.03. The van der Waals surface area contributed by atoms with Gasteiger partial charge in [-0.05, 0) is 32.0 Å². The van der Waals surface area contributed by atoms with E-state index in [1.807, 2.05) is 18.7 Å². The van der Waals surface area contributed by atoms with Crippen LogP contribution in [0.25, 0.3) is 0 Å². The van der Waals surface area contributed by atoms with Crippen molar-refractivity contribution in [1.82, 2.24) is 0 Å². The lowest BCUT2D eigenvalue weighted by Crippen LogP contribution is -2.34. The maximum absolute atomic E-state index is 11.2. The lowest BCUT2D eigenvalue weighted by Gasteiger charge is -2.27. The summed E-state index contributed by atoms with van der Waals surface area (Å²) in [5.74, 6) is 0.530. The third kappa shape index (κ3) is 5.24. The van der Waals surface area contributed by atoms with Crippen molar-refractivity contribution < 1.29 is 19.7 Å². The van der Waals surface area contributed by atoms with E-state index in [2.05, 4.69) is 5.32 Å². The molecular weight excluding hydrogens is 272 g/mol. The lowest BCUT2D eigenvalue weighted by atomic mass is 10.2. The molecule has 0 aromatic heterocycles. The largest absolute Gasteiger partial charge is 0.492 e. The highest BCUT2D eigenvalue weighted by Gasteiger charge is 2.15. The second kappa shape index (κ2) is 8.49. The van der Waals surface area contributed by atoms with Crippen LogP contribution in [0.5, 0.6) is 5.75 Å². The molecule has 118 valence electrons. The van der Waals surface area contributed by atoms with Crippen molar-refractivity contribution in [1.29, 1.82) is 0 Å². The second-order valence-corrected chi connectivity index (χ2v) is 4.67. The Kier molecular flexibility index (Phi) is 6.98. The van der Waals surface area contributed by atoms with Gasteiger partial charge in [0.15, 0.2) is 0 Å². The fourth-order valence-electron chi connectivity index (χ4n) is 2.03. The molecule has 0 radical (unpaired) electrons. The molecule has 0 bridgehead atoms. The van der Waals surface area contributed by atoms with Crippen molar-refractivity contribution in [2.45, 2.75) is 26.9 Å². The predicted molar refractivity (Wildman–Crippen MR) is 82.9 cm³/mol. The lowest BCUT2D eigenvalue weighted by molar-refractivity contribution is -0.114. The summed E-state index contributed by atoms with van der Waals surface area (Å²) < 4.78 is 5.60.